The van der Waals surface area contributed by atoms with Gasteiger partial charge in [-0.15, -0.1) is 0 Å². The highest BCUT2D eigenvalue weighted by Gasteiger charge is 2.29. The number of halogens is 2. The molecule has 5 rings (SSSR count). The molecule has 4 heterocycles. The summed E-state index contributed by atoms with van der Waals surface area (Å²) in [6, 6.07) is 8.33. The van der Waals surface area contributed by atoms with Crippen LogP contribution in [-0.2, 0) is 11.2 Å². The Hall–Kier alpha value is -3.93. The monoisotopic (exact) mass is 612 g/mol. The fourth-order valence-corrected chi connectivity index (χ4v) is 5.47. The number of amides is 2. The van der Waals surface area contributed by atoms with E-state index in [4.69, 9.17) is 26.3 Å². The summed E-state index contributed by atoms with van der Waals surface area (Å²) in [5.74, 6) is 1.15. The van der Waals surface area contributed by atoms with Crippen molar-refractivity contribution >= 4 is 41.2 Å². The van der Waals surface area contributed by atoms with Crippen molar-refractivity contribution in [1.29, 1.82) is 0 Å². The van der Waals surface area contributed by atoms with Crippen LogP contribution in [-0.4, -0.2) is 86.8 Å². The number of carbonyl (C=O) groups is 2. The topological polar surface area (TPSA) is 120 Å². The third-order valence-corrected chi connectivity index (χ3v) is 7.82. The smallest absolute Gasteiger partial charge is 0.410 e. The Kier molecular flexibility index (Phi) is 9.05. The minimum absolute atomic E-state index is 0.00229. The van der Waals surface area contributed by atoms with Gasteiger partial charge in [0.15, 0.2) is 11.6 Å². The molecule has 2 N–H and O–H groups in total. The lowest BCUT2D eigenvalue weighted by Crippen LogP contribution is -2.50. The van der Waals surface area contributed by atoms with Gasteiger partial charge in [0.2, 0.25) is 5.95 Å². The number of benzene rings is 1. The van der Waals surface area contributed by atoms with E-state index in [1.54, 1.807) is 15.9 Å². The predicted octanol–water partition coefficient (Wildman–Crippen LogP) is 5.20. The lowest BCUT2D eigenvalue weighted by molar-refractivity contribution is 0.0240. The number of piperazine rings is 1. The number of rotatable bonds is 6. The summed E-state index contributed by atoms with van der Waals surface area (Å²) in [6.07, 6.45) is 1.92. The van der Waals surface area contributed by atoms with Gasteiger partial charge in [-0.3, -0.25) is 9.89 Å². The van der Waals surface area contributed by atoms with Crippen molar-refractivity contribution in [3.05, 3.63) is 58.1 Å². The number of hydrogen-bond acceptors (Lipinski definition) is 8. The molecule has 2 aliphatic heterocycles. The van der Waals surface area contributed by atoms with Gasteiger partial charge in [-0.05, 0) is 65.0 Å². The van der Waals surface area contributed by atoms with Crippen molar-refractivity contribution in [3.63, 3.8) is 0 Å². The van der Waals surface area contributed by atoms with Gasteiger partial charge < -0.3 is 24.8 Å². The molecule has 2 amide bonds. The van der Waals surface area contributed by atoms with Gasteiger partial charge >= 0.3 is 6.09 Å². The summed E-state index contributed by atoms with van der Waals surface area (Å²) in [5.41, 5.74) is 1.25. The van der Waals surface area contributed by atoms with Crippen LogP contribution >= 0.6 is 11.6 Å². The molecular formula is C30H38ClFN8O3. The minimum Gasteiger partial charge on any atom is -0.444 e. The quantitative estimate of drug-likeness (QED) is 0.390. The molecule has 2 saturated heterocycles. The first kappa shape index (κ1) is 30.5. The fourth-order valence-electron chi connectivity index (χ4n) is 5.30. The average Bonchev–Trinajstić information content (AvgIpc) is 3.37. The Morgan fingerprint density at radius 2 is 1.77 bits per heavy atom. The van der Waals surface area contributed by atoms with Crippen LogP contribution in [0.1, 0.15) is 55.4 Å². The number of H-pyrrole nitrogens is 1. The first-order chi connectivity index (χ1) is 20.4. The standard InChI is InChI=1S/C30H38ClFN8O3/c1-19-16-25(37-36-19)34-24-18-21(33-28(35-24)39-12-14-40(15-13-39)29(42)43-30(2,3)4)17-20-8-10-38(11-9-20)27(41)22-6-5-7-23(31)26(22)32/h5-7,16,18,20H,8-15,17H2,1-4H3,(H2,33,34,35,36,37). The highest BCUT2D eigenvalue weighted by atomic mass is 35.5. The van der Waals surface area contributed by atoms with Crippen molar-refractivity contribution in [3.8, 4) is 0 Å². The lowest BCUT2D eigenvalue weighted by Gasteiger charge is -2.36. The zero-order chi connectivity index (χ0) is 30.7. The van der Waals surface area contributed by atoms with E-state index in [0.29, 0.717) is 69.2 Å². The maximum absolute atomic E-state index is 14.4. The number of aromatic nitrogens is 4. The number of aryl methyl sites for hydroxylation is 1. The molecular weight excluding hydrogens is 575 g/mol. The molecule has 13 heteroatoms. The van der Waals surface area contributed by atoms with Crippen molar-refractivity contribution in [2.45, 2.75) is 52.6 Å². The molecule has 0 saturated carbocycles. The first-order valence-electron chi connectivity index (χ1n) is 14.6. The zero-order valence-corrected chi connectivity index (χ0v) is 25.7. The minimum atomic E-state index is -0.677. The van der Waals surface area contributed by atoms with E-state index in [0.717, 1.165) is 24.2 Å². The van der Waals surface area contributed by atoms with Gasteiger partial charge in [-0.1, -0.05) is 17.7 Å². The number of carbonyl (C=O) groups excluding carboxylic acids is 2. The van der Waals surface area contributed by atoms with E-state index in [2.05, 4.69) is 20.4 Å². The van der Waals surface area contributed by atoms with E-state index >= 15 is 0 Å². The molecule has 43 heavy (non-hydrogen) atoms. The molecule has 230 valence electrons. The van der Waals surface area contributed by atoms with Gasteiger partial charge in [0.25, 0.3) is 5.91 Å². The Morgan fingerprint density at radius 3 is 2.42 bits per heavy atom. The van der Waals surface area contributed by atoms with Gasteiger partial charge in [0.1, 0.15) is 11.4 Å². The molecule has 2 aromatic heterocycles. The second-order valence-corrected chi connectivity index (χ2v) is 12.5. The van der Waals surface area contributed by atoms with Crippen LogP contribution < -0.4 is 10.2 Å². The Bertz CT molecular complexity index is 1460. The number of piperidine rings is 1. The van der Waals surface area contributed by atoms with Crippen LogP contribution in [0, 0.1) is 18.7 Å². The molecule has 3 aromatic rings. The Balaban J connectivity index is 1.26. The highest BCUT2D eigenvalue weighted by molar-refractivity contribution is 6.31. The SMILES string of the molecule is Cc1cc(Nc2cc(CC3CCN(C(=O)c4cccc(Cl)c4F)CC3)nc(N3CCN(C(=O)OC(C)(C)C)CC3)n2)n[nH]1. The third kappa shape index (κ3) is 7.73. The molecule has 2 aliphatic rings. The summed E-state index contributed by atoms with van der Waals surface area (Å²) in [5, 5.41) is 10.4. The summed E-state index contributed by atoms with van der Waals surface area (Å²) in [6.45, 7) is 10.7. The van der Waals surface area contributed by atoms with E-state index in [-0.39, 0.29) is 22.6 Å². The normalized spacial score (nSPS) is 16.4. The van der Waals surface area contributed by atoms with Gasteiger partial charge in [-0.2, -0.15) is 10.1 Å². The number of nitrogens with one attached hydrogen (secondary N) is 2. The molecule has 0 spiro atoms. The third-order valence-electron chi connectivity index (χ3n) is 7.53. The van der Waals surface area contributed by atoms with Crippen molar-refractivity contribution < 1.29 is 18.7 Å². The van der Waals surface area contributed by atoms with Crippen LogP contribution in [0.5, 0.6) is 0 Å². The number of likely N-dealkylation sites (tertiary alicyclic amines) is 1. The maximum atomic E-state index is 14.4. The molecule has 1 aromatic carbocycles. The molecule has 0 bridgehead atoms. The second kappa shape index (κ2) is 12.7. The van der Waals surface area contributed by atoms with Crippen molar-refractivity contribution in [2.24, 2.45) is 5.92 Å². The molecule has 0 atom stereocenters. The van der Waals surface area contributed by atoms with Gasteiger partial charge in [0.05, 0.1) is 10.6 Å². The Labute approximate surface area is 255 Å². The summed E-state index contributed by atoms with van der Waals surface area (Å²) in [4.78, 5) is 40.7. The summed E-state index contributed by atoms with van der Waals surface area (Å²) >= 11 is 5.89. The number of ether oxygens (including phenoxy) is 1. The van der Waals surface area contributed by atoms with E-state index in [1.165, 1.54) is 12.1 Å². The second-order valence-electron chi connectivity index (χ2n) is 12.1. The molecule has 11 nitrogen and oxygen atoms in total. The summed E-state index contributed by atoms with van der Waals surface area (Å²) in [7, 11) is 0. The number of aromatic amines is 1. The van der Waals surface area contributed by atoms with E-state index in [9.17, 15) is 14.0 Å². The molecule has 0 unspecified atom stereocenters. The van der Waals surface area contributed by atoms with Crippen LogP contribution in [0.2, 0.25) is 5.02 Å². The van der Waals surface area contributed by atoms with Crippen LogP contribution in [0.4, 0.5) is 26.8 Å². The largest absolute Gasteiger partial charge is 0.444 e. The number of anilines is 3. The maximum Gasteiger partial charge on any atom is 0.410 e. The summed E-state index contributed by atoms with van der Waals surface area (Å²) < 4.78 is 20.0. The van der Waals surface area contributed by atoms with E-state index < -0.39 is 11.4 Å². The first-order valence-corrected chi connectivity index (χ1v) is 15.0. The lowest BCUT2D eigenvalue weighted by atomic mass is 9.91. The average molecular weight is 613 g/mol. The van der Waals surface area contributed by atoms with Gasteiger partial charge in [-0.25, -0.2) is 14.2 Å². The predicted molar refractivity (Wildman–Crippen MR) is 162 cm³/mol. The zero-order valence-electron chi connectivity index (χ0n) is 25.0. The molecule has 0 radical (unpaired) electrons. The van der Waals surface area contributed by atoms with Crippen molar-refractivity contribution in [2.75, 3.05) is 49.5 Å². The van der Waals surface area contributed by atoms with Crippen LogP contribution in [0.3, 0.4) is 0 Å². The molecule has 0 aliphatic carbocycles. The molecule has 2 fully saturated rings. The highest BCUT2D eigenvalue weighted by Crippen LogP contribution is 2.27. The van der Waals surface area contributed by atoms with Crippen molar-refractivity contribution in [1.82, 2.24) is 30.0 Å². The fraction of sp³-hybridized carbons (Fsp3) is 0.500. The van der Waals surface area contributed by atoms with Crippen LogP contribution in [0.25, 0.3) is 0 Å². The number of hydrogen-bond donors (Lipinski definition) is 2. The number of nitrogens with zero attached hydrogens (tertiary/aromatic N) is 6. The van der Waals surface area contributed by atoms with Crippen LogP contribution in [0.15, 0.2) is 30.3 Å². The Morgan fingerprint density at radius 1 is 1.05 bits per heavy atom. The van der Waals surface area contributed by atoms with Gasteiger partial charge in [0, 0.05) is 62.8 Å². The van der Waals surface area contributed by atoms with E-state index in [1.807, 2.05) is 39.8 Å².